The summed E-state index contributed by atoms with van der Waals surface area (Å²) in [5.41, 5.74) is 2.25. The maximum Gasteiger partial charge on any atom is 0.269 e. The molecular weight excluding hydrogens is 412 g/mol. The average Bonchev–Trinajstić information content (AvgIpc) is 3.20. The molecule has 0 aliphatic carbocycles. The molecule has 2 aromatic heterocycles. The van der Waals surface area contributed by atoms with Gasteiger partial charge < -0.3 is 20.1 Å². The number of para-hydroxylation sites is 1. The standard InChI is InChI=1S/C23H22N4O3S/c1-14(17-6-4-5-7-20(17)29-3)26-23-27-18-9-8-15(13-21(18)31-23)30-16-10-11-25-19(12-16)22(28)24-2/h4-14H,1-3H3,(H,24,28)(H,26,27)/t14-/m0/s1. The Balaban J connectivity index is 1.53. The van der Waals surface area contributed by atoms with Crippen LogP contribution in [-0.2, 0) is 0 Å². The number of ether oxygens (including phenoxy) is 2. The van der Waals surface area contributed by atoms with Gasteiger partial charge in [0, 0.05) is 30.9 Å². The molecule has 0 aliphatic heterocycles. The number of aromatic nitrogens is 2. The lowest BCUT2D eigenvalue weighted by molar-refractivity contribution is 0.0958. The Morgan fingerprint density at radius 3 is 2.71 bits per heavy atom. The van der Waals surface area contributed by atoms with Crippen molar-refractivity contribution in [2.24, 2.45) is 0 Å². The Kier molecular flexibility index (Phi) is 5.99. The Morgan fingerprint density at radius 1 is 1.10 bits per heavy atom. The van der Waals surface area contributed by atoms with Crippen molar-refractivity contribution < 1.29 is 14.3 Å². The quantitative estimate of drug-likeness (QED) is 0.425. The van der Waals surface area contributed by atoms with Gasteiger partial charge in [0.15, 0.2) is 5.13 Å². The van der Waals surface area contributed by atoms with E-state index in [1.54, 1.807) is 43.8 Å². The molecule has 8 heteroatoms. The lowest BCUT2D eigenvalue weighted by atomic mass is 10.1. The van der Waals surface area contributed by atoms with Crippen molar-refractivity contribution in [2.45, 2.75) is 13.0 Å². The second-order valence-electron chi connectivity index (χ2n) is 6.81. The number of carbonyl (C=O) groups excluding carboxylic acids is 1. The van der Waals surface area contributed by atoms with E-state index in [0.29, 0.717) is 17.2 Å². The second-order valence-corrected chi connectivity index (χ2v) is 7.85. The van der Waals surface area contributed by atoms with E-state index in [4.69, 9.17) is 9.47 Å². The number of fused-ring (bicyclic) bond motifs is 1. The third-order valence-corrected chi connectivity index (χ3v) is 5.68. The number of hydrogen-bond donors (Lipinski definition) is 2. The van der Waals surface area contributed by atoms with Gasteiger partial charge in [-0.15, -0.1) is 0 Å². The van der Waals surface area contributed by atoms with Crippen LogP contribution >= 0.6 is 11.3 Å². The molecule has 0 spiro atoms. The molecule has 0 radical (unpaired) electrons. The van der Waals surface area contributed by atoms with Crippen LogP contribution in [0.15, 0.2) is 60.8 Å². The summed E-state index contributed by atoms with van der Waals surface area (Å²) in [4.78, 5) is 20.5. The highest BCUT2D eigenvalue weighted by Gasteiger charge is 2.14. The Morgan fingerprint density at radius 2 is 1.90 bits per heavy atom. The molecule has 0 bridgehead atoms. The van der Waals surface area contributed by atoms with Gasteiger partial charge in [-0.05, 0) is 31.2 Å². The third-order valence-electron chi connectivity index (χ3n) is 4.73. The highest BCUT2D eigenvalue weighted by Crippen LogP contribution is 2.34. The molecule has 0 aliphatic rings. The highest BCUT2D eigenvalue weighted by atomic mass is 32.1. The molecule has 4 rings (SSSR count). The van der Waals surface area contributed by atoms with Crippen molar-refractivity contribution in [1.82, 2.24) is 15.3 Å². The predicted octanol–water partition coefficient (Wildman–Crippen LogP) is 5.02. The minimum atomic E-state index is -0.261. The predicted molar refractivity (Wildman–Crippen MR) is 122 cm³/mol. The Hall–Kier alpha value is -3.65. The molecule has 0 saturated carbocycles. The summed E-state index contributed by atoms with van der Waals surface area (Å²) in [6.45, 7) is 2.08. The topological polar surface area (TPSA) is 85.4 Å². The molecule has 0 fully saturated rings. The summed E-state index contributed by atoms with van der Waals surface area (Å²) in [5, 5.41) is 6.82. The normalized spacial score (nSPS) is 11.7. The summed E-state index contributed by atoms with van der Waals surface area (Å²) in [7, 11) is 3.24. The first-order chi connectivity index (χ1) is 15.1. The first-order valence-electron chi connectivity index (χ1n) is 9.73. The number of carbonyl (C=O) groups is 1. The van der Waals surface area contributed by atoms with Crippen LogP contribution < -0.4 is 20.1 Å². The molecule has 158 valence electrons. The van der Waals surface area contributed by atoms with Crippen molar-refractivity contribution >= 4 is 32.6 Å². The van der Waals surface area contributed by atoms with E-state index in [-0.39, 0.29) is 11.9 Å². The minimum absolute atomic E-state index is 0.0346. The lowest BCUT2D eigenvalue weighted by Gasteiger charge is -2.16. The Labute approximate surface area is 184 Å². The number of rotatable bonds is 7. The van der Waals surface area contributed by atoms with Gasteiger partial charge >= 0.3 is 0 Å². The van der Waals surface area contributed by atoms with E-state index in [1.165, 1.54) is 0 Å². The maximum absolute atomic E-state index is 11.8. The summed E-state index contributed by atoms with van der Waals surface area (Å²) in [5.74, 6) is 1.78. The number of thiazole rings is 1. The van der Waals surface area contributed by atoms with Gasteiger partial charge in [0.05, 0.1) is 23.4 Å². The number of methoxy groups -OCH3 is 1. The molecule has 1 amide bonds. The zero-order chi connectivity index (χ0) is 21.8. The maximum atomic E-state index is 11.8. The smallest absolute Gasteiger partial charge is 0.269 e. The molecule has 0 unspecified atom stereocenters. The van der Waals surface area contributed by atoms with E-state index < -0.39 is 0 Å². The minimum Gasteiger partial charge on any atom is -0.496 e. The Bertz CT molecular complexity index is 1220. The fourth-order valence-corrected chi connectivity index (χ4v) is 4.16. The molecule has 2 heterocycles. The van der Waals surface area contributed by atoms with Crippen LogP contribution in [0, 0.1) is 0 Å². The number of pyridine rings is 1. The van der Waals surface area contributed by atoms with Gasteiger partial charge in [-0.3, -0.25) is 9.78 Å². The summed E-state index contributed by atoms with van der Waals surface area (Å²) in [6, 6.07) is 17.0. The zero-order valence-corrected chi connectivity index (χ0v) is 18.2. The first-order valence-corrected chi connectivity index (χ1v) is 10.5. The second kappa shape index (κ2) is 9.01. The molecule has 7 nitrogen and oxygen atoms in total. The zero-order valence-electron chi connectivity index (χ0n) is 17.4. The van der Waals surface area contributed by atoms with Gasteiger partial charge in [0.1, 0.15) is 22.9 Å². The van der Waals surface area contributed by atoms with Crippen molar-refractivity contribution in [3.05, 3.63) is 72.1 Å². The largest absolute Gasteiger partial charge is 0.496 e. The third kappa shape index (κ3) is 4.59. The fourth-order valence-electron chi connectivity index (χ4n) is 3.18. The SMILES string of the molecule is CNC(=O)c1cc(Oc2ccc3nc(N[C@@H](C)c4ccccc4OC)sc3c2)ccn1. The van der Waals surface area contributed by atoms with Crippen molar-refractivity contribution in [3.63, 3.8) is 0 Å². The van der Waals surface area contributed by atoms with Gasteiger partial charge in [0.2, 0.25) is 0 Å². The van der Waals surface area contributed by atoms with Crippen molar-refractivity contribution in [2.75, 3.05) is 19.5 Å². The summed E-state index contributed by atoms with van der Waals surface area (Å²) in [6.07, 6.45) is 1.55. The van der Waals surface area contributed by atoms with Crippen LogP contribution in [0.2, 0.25) is 0 Å². The first kappa shape index (κ1) is 20.6. The van der Waals surface area contributed by atoms with E-state index in [2.05, 4.69) is 27.5 Å². The van der Waals surface area contributed by atoms with Crippen LogP contribution in [-0.4, -0.2) is 30.0 Å². The molecule has 2 N–H and O–H groups in total. The van der Waals surface area contributed by atoms with Crippen LogP contribution in [0.25, 0.3) is 10.2 Å². The van der Waals surface area contributed by atoms with E-state index in [9.17, 15) is 4.79 Å². The number of nitrogens with one attached hydrogen (secondary N) is 2. The number of nitrogens with zero attached hydrogens (tertiary/aromatic N) is 2. The van der Waals surface area contributed by atoms with Crippen LogP contribution in [0.3, 0.4) is 0 Å². The average molecular weight is 435 g/mol. The number of anilines is 1. The molecule has 4 aromatic rings. The summed E-state index contributed by atoms with van der Waals surface area (Å²) >= 11 is 1.55. The van der Waals surface area contributed by atoms with Gasteiger partial charge in [-0.2, -0.15) is 0 Å². The van der Waals surface area contributed by atoms with Crippen molar-refractivity contribution in [3.8, 4) is 17.2 Å². The highest BCUT2D eigenvalue weighted by molar-refractivity contribution is 7.22. The summed E-state index contributed by atoms with van der Waals surface area (Å²) < 4.78 is 12.4. The van der Waals surface area contributed by atoms with E-state index in [1.807, 2.05) is 42.5 Å². The van der Waals surface area contributed by atoms with Gasteiger partial charge in [0.25, 0.3) is 5.91 Å². The number of hydrogen-bond acceptors (Lipinski definition) is 7. The van der Waals surface area contributed by atoms with Crippen LogP contribution in [0.4, 0.5) is 5.13 Å². The van der Waals surface area contributed by atoms with Gasteiger partial charge in [-0.25, -0.2) is 4.98 Å². The van der Waals surface area contributed by atoms with Crippen LogP contribution in [0.5, 0.6) is 17.2 Å². The lowest BCUT2D eigenvalue weighted by Crippen LogP contribution is -2.18. The molecule has 2 aromatic carbocycles. The fraction of sp³-hybridized carbons (Fsp3) is 0.174. The number of benzene rings is 2. The molecule has 31 heavy (non-hydrogen) atoms. The van der Waals surface area contributed by atoms with Gasteiger partial charge in [-0.1, -0.05) is 29.5 Å². The van der Waals surface area contributed by atoms with E-state index >= 15 is 0 Å². The molecule has 1 atom stereocenters. The van der Waals surface area contributed by atoms with Crippen LogP contribution in [0.1, 0.15) is 29.0 Å². The molecule has 0 saturated heterocycles. The molecular formula is C23H22N4O3S. The van der Waals surface area contributed by atoms with Crippen molar-refractivity contribution in [1.29, 1.82) is 0 Å². The van der Waals surface area contributed by atoms with E-state index in [0.717, 1.165) is 26.7 Å². The number of amides is 1. The monoisotopic (exact) mass is 434 g/mol.